The normalized spacial score (nSPS) is 19.9. The lowest BCUT2D eigenvalue weighted by Gasteiger charge is -2.33. The SMILES string of the molecule is Cc1c(Cl)cccc1-c1ccc([C@H]2[C@@H](c3ccccn3)NC(=S)N2c2ccc(N3CCC(C)CC3)c(Cl)c2)o1. The number of nitrogens with one attached hydrogen (secondary N) is 1. The summed E-state index contributed by atoms with van der Waals surface area (Å²) in [6.07, 6.45) is 4.16. The maximum Gasteiger partial charge on any atom is 0.174 e. The molecular weight excluding hydrogens is 547 g/mol. The van der Waals surface area contributed by atoms with E-state index in [2.05, 4.69) is 39.2 Å². The van der Waals surface area contributed by atoms with Crippen LogP contribution in [0, 0.1) is 12.8 Å². The fourth-order valence-corrected chi connectivity index (χ4v) is 6.42. The molecule has 2 aliphatic rings. The van der Waals surface area contributed by atoms with Gasteiger partial charge in [-0.1, -0.05) is 48.3 Å². The minimum absolute atomic E-state index is 0.208. The molecule has 6 rings (SSSR count). The summed E-state index contributed by atoms with van der Waals surface area (Å²) in [7, 11) is 0. The van der Waals surface area contributed by atoms with E-state index in [1.807, 2.05) is 61.5 Å². The standard InChI is InChI=1S/C31H30Cl2N4OS/c1-19-13-16-36(17-14-19)26-10-9-21(18-24(26)33)37-30(29(35-31(37)39)25-8-3-4-15-34-25)28-12-11-27(38-28)22-6-5-7-23(32)20(22)2/h3-12,15,18-19,29-30H,13-14,16-17H2,1-2H3,(H,35,39)/t29-,30+/m1/s1. The maximum atomic E-state index is 6.91. The molecule has 200 valence electrons. The third-order valence-electron chi connectivity index (χ3n) is 7.88. The van der Waals surface area contributed by atoms with E-state index in [0.717, 1.165) is 63.7 Å². The van der Waals surface area contributed by atoms with E-state index in [-0.39, 0.29) is 12.1 Å². The summed E-state index contributed by atoms with van der Waals surface area (Å²) in [4.78, 5) is 9.12. The third-order valence-corrected chi connectivity index (χ3v) is 8.91. The van der Waals surface area contributed by atoms with Gasteiger partial charge in [-0.2, -0.15) is 0 Å². The van der Waals surface area contributed by atoms with Crippen molar-refractivity contribution in [1.29, 1.82) is 0 Å². The highest BCUT2D eigenvalue weighted by atomic mass is 35.5. The van der Waals surface area contributed by atoms with Crippen LogP contribution in [0.25, 0.3) is 11.3 Å². The van der Waals surface area contributed by atoms with Gasteiger partial charge >= 0.3 is 0 Å². The second-order valence-corrected chi connectivity index (χ2v) is 11.6. The van der Waals surface area contributed by atoms with E-state index in [1.54, 1.807) is 6.20 Å². The topological polar surface area (TPSA) is 44.5 Å². The lowest BCUT2D eigenvalue weighted by atomic mass is 9.98. The molecule has 0 amide bonds. The molecule has 0 unspecified atom stereocenters. The van der Waals surface area contributed by atoms with Crippen LogP contribution in [0.2, 0.25) is 10.0 Å². The Morgan fingerprint density at radius 3 is 2.54 bits per heavy atom. The Kier molecular flexibility index (Phi) is 7.27. The summed E-state index contributed by atoms with van der Waals surface area (Å²) in [5.41, 5.74) is 4.81. The number of benzene rings is 2. The molecule has 0 radical (unpaired) electrons. The largest absolute Gasteiger partial charge is 0.459 e. The first-order valence-electron chi connectivity index (χ1n) is 13.3. The summed E-state index contributed by atoms with van der Waals surface area (Å²) in [5, 5.41) is 5.53. The van der Waals surface area contributed by atoms with Crippen LogP contribution >= 0.6 is 35.4 Å². The van der Waals surface area contributed by atoms with E-state index in [0.29, 0.717) is 10.1 Å². The van der Waals surface area contributed by atoms with E-state index >= 15 is 0 Å². The summed E-state index contributed by atoms with van der Waals surface area (Å²) in [6.45, 7) is 6.36. The van der Waals surface area contributed by atoms with Crippen LogP contribution in [0.3, 0.4) is 0 Å². The number of aromatic nitrogens is 1. The predicted molar refractivity (Wildman–Crippen MR) is 164 cm³/mol. The molecule has 2 aromatic heterocycles. The Morgan fingerprint density at radius 2 is 1.79 bits per heavy atom. The summed E-state index contributed by atoms with van der Waals surface area (Å²) in [5.74, 6) is 2.29. The molecule has 5 nitrogen and oxygen atoms in total. The second kappa shape index (κ2) is 10.8. The summed E-state index contributed by atoms with van der Waals surface area (Å²) in [6, 6.07) is 21.5. The zero-order valence-corrected chi connectivity index (χ0v) is 24.2. The zero-order chi connectivity index (χ0) is 27.1. The molecule has 2 aromatic carbocycles. The van der Waals surface area contributed by atoms with Crippen LogP contribution in [0.1, 0.15) is 48.9 Å². The first kappa shape index (κ1) is 26.2. The molecular formula is C31H30Cl2N4OS. The monoisotopic (exact) mass is 576 g/mol. The van der Waals surface area contributed by atoms with Crippen molar-refractivity contribution in [2.45, 2.75) is 38.8 Å². The van der Waals surface area contributed by atoms with Gasteiger partial charge in [-0.05, 0) is 92.0 Å². The number of piperidine rings is 1. The van der Waals surface area contributed by atoms with Gasteiger partial charge in [0.25, 0.3) is 0 Å². The Hall–Kier alpha value is -3.06. The quantitative estimate of drug-likeness (QED) is 0.241. The van der Waals surface area contributed by atoms with E-state index in [4.69, 9.17) is 39.8 Å². The van der Waals surface area contributed by atoms with Crippen molar-refractivity contribution in [2.75, 3.05) is 22.9 Å². The first-order valence-corrected chi connectivity index (χ1v) is 14.5. The number of rotatable bonds is 5. The maximum absolute atomic E-state index is 6.91. The number of nitrogens with zero attached hydrogens (tertiary/aromatic N) is 3. The molecule has 8 heteroatoms. The minimum atomic E-state index is -0.265. The highest BCUT2D eigenvalue weighted by Crippen LogP contribution is 2.45. The van der Waals surface area contributed by atoms with Crippen molar-refractivity contribution in [2.24, 2.45) is 5.92 Å². The zero-order valence-electron chi connectivity index (χ0n) is 21.9. The van der Waals surface area contributed by atoms with Crippen LogP contribution in [-0.4, -0.2) is 23.2 Å². The molecule has 1 N–H and O–H groups in total. The number of furan rings is 1. The van der Waals surface area contributed by atoms with Crippen molar-refractivity contribution in [3.63, 3.8) is 0 Å². The van der Waals surface area contributed by atoms with E-state index < -0.39 is 0 Å². The van der Waals surface area contributed by atoms with Gasteiger partial charge in [-0.25, -0.2) is 0 Å². The van der Waals surface area contributed by atoms with Crippen molar-refractivity contribution in [3.8, 4) is 11.3 Å². The van der Waals surface area contributed by atoms with Gasteiger partial charge in [0.2, 0.25) is 0 Å². The van der Waals surface area contributed by atoms with Gasteiger partial charge in [0.05, 0.1) is 22.4 Å². The molecule has 0 aliphatic carbocycles. The van der Waals surface area contributed by atoms with Gasteiger partial charge in [-0.15, -0.1) is 0 Å². The molecule has 2 aliphatic heterocycles. The van der Waals surface area contributed by atoms with Gasteiger partial charge in [0, 0.05) is 35.6 Å². The molecule has 0 spiro atoms. The molecule has 4 aromatic rings. The molecule has 2 saturated heterocycles. The fourth-order valence-electron chi connectivity index (χ4n) is 5.60. The number of thiocarbonyl (C=S) groups is 1. The Bertz CT molecular complexity index is 1500. The van der Waals surface area contributed by atoms with Gasteiger partial charge in [-0.3, -0.25) is 4.98 Å². The van der Waals surface area contributed by atoms with Gasteiger partial charge in [0.15, 0.2) is 5.11 Å². The number of halogens is 2. The highest BCUT2D eigenvalue weighted by molar-refractivity contribution is 7.80. The van der Waals surface area contributed by atoms with Crippen LogP contribution in [0.15, 0.2) is 77.3 Å². The van der Waals surface area contributed by atoms with Crippen LogP contribution in [0.5, 0.6) is 0 Å². The average Bonchev–Trinajstić information content (AvgIpc) is 3.56. The molecule has 2 fully saturated rings. The smallest absolute Gasteiger partial charge is 0.174 e. The molecule has 0 bridgehead atoms. The van der Waals surface area contributed by atoms with E-state index in [1.165, 1.54) is 12.8 Å². The molecule has 2 atom stereocenters. The molecule has 0 saturated carbocycles. The van der Waals surface area contributed by atoms with Crippen molar-refractivity contribution in [3.05, 3.63) is 100.0 Å². The summed E-state index contributed by atoms with van der Waals surface area (Å²) < 4.78 is 6.53. The van der Waals surface area contributed by atoms with Crippen LogP contribution < -0.4 is 15.1 Å². The number of anilines is 2. The molecule has 4 heterocycles. The third kappa shape index (κ3) is 5.02. The van der Waals surface area contributed by atoms with E-state index in [9.17, 15) is 0 Å². The van der Waals surface area contributed by atoms with Crippen molar-refractivity contribution in [1.82, 2.24) is 10.3 Å². The number of hydrogen-bond donors (Lipinski definition) is 1. The number of pyridine rings is 1. The Morgan fingerprint density at radius 1 is 0.974 bits per heavy atom. The van der Waals surface area contributed by atoms with Crippen LogP contribution in [0.4, 0.5) is 11.4 Å². The Labute approximate surface area is 244 Å². The lowest BCUT2D eigenvalue weighted by molar-refractivity contribution is 0.438. The number of hydrogen-bond acceptors (Lipinski definition) is 4. The lowest BCUT2D eigenvalue weighted by Crippen LogP contribution is -2.33. The average molecular weight is 578 g/mol. The van der Waals surface area contributed by atoms with Crippen molar-refractivity contribution < 1.29 is 4.42 Å². The summed E-state index contributed by atoms with van der Waals surface area (Å²) >= 11 is 19.2. The highest BCUT2D eigenvalue weighted by Gasteiger charge is 2.43. The van der Waals surface area contributed by atoms with Gasteiger partial charge in [0.1, 0.15) is 17.6 Å². The van der Waals surface area contributed by atoms with Crippen LogP contribution in [-0.2, 0) is 0 Å². The van der Waals surface area contributed by atoms with Gasteiger partial charge < -0.3 is 19.5 Å². The minimum Gasteiger partial charge on any atom is -0.459 e. The predicted octanol–water partition coefficient (Wildman–Crippen LogP) is 8.37. The fraction of sp³-hybridized carbons (Fsp3) is 0.290. The second-order valence-electron chi connectivity index (χ2n) is 10.4. The first-order chi connectivity index (χ1) is 18.9. The molecule has 39 heavy (non-hydrogen) atoms. The Balaban J connectivity index is 1.39. The van der Waals surface area contributed by atoms with Crippen molar-refractivity contribution >= 4 is 51.9 Å².